The minimum absolute atomic E-state index is 0.122. The molecule has 0 radical (unpaired) electrons. The van der Waals surface area contributed by atoms with Gasteiger partial charge < -0.3 is 14.0 Å². The van der Waals surface area contributed by atoms with Crippen molar-refractivity contribution in [2.45, 2.75) is 58.8 Å². The third kappa shape index (κ3) is 5.21. The fourth-order valence-corrected chi connectivity index (χ4v) is 5.10. The van der Waals surface area contributed by atoms with Gasteiger partial charge in [-0.3, -0.25) is 4.40 Å². The summed E-state index contributed by atoms with van der Waals surface area (Å²) in [4.78, 5) is 13.8. The number of rotatable bonds is 10. The normalized spacial score (nSPS) is 13.8. The van der Waals surface area contributed by atoms with Crippen LogP contribution in [0.3, 0.4) is 0 Å². The van der Waals surface area contributed by atoms with E-state index in [0.29, 0.717) is 42.7 Å². The van der Waals surface area contributed by atoms with Crippen LogP contribution in [0, 0.1) is 6.92 Å². The van der Waals surface area contributed by atoms with Gasteiger partial charge in [0.25, 0.3) is 5.88 Å². The highest BCUT2D eigenvalue weighted by atomic mass is 32.2. The van der Waals surface area contributed by atoms with E-state index in [1.807, 2.05) is 62.5 Å². The fraction of sp³-hybridized carbons (Fsp3) is 0.480. The van der Waals surface area contributed by atoms with Crippen molar-refractivity contribution >= 4 is 17.0 Å². The molecule has 34 heavy (non-hydrogen) atoms. The number of aromatic nitrogens is 4. The largest absolute Gasteiger partial charge is 0.597 e. The van der Waals surface area contributed by atoms with Crippen molar-refractivity contribution in [2.24, 2.45) is 0 Å². The first-order valence-electron chi connectivity index (χ1n) is 11.4. The lowest BCUT2D eigenvalue weighted by Crippen LogP contribution is -2.44. The Hall–Kier alpha value is -2.62. The molecule has 9 heteroatoms. The quantitative estimate of drug-likeness (QED) is 0.229. The lowest BCUT2D eigenvalue weighted by Gasteiger charge is -2.35. The maximum Gasteiger partial charge on any atom is 0.258 e. The Morgan fingerprint density at radius 2 is 2.03 bits per heavy atom. The summed E-state index contributed by atoms with van der Waals surface area (Å²) in [5.41, 5.74) is 3.90. The molecular weight excluding hydrogens is 450 g/mol. The maximum atomic E-state index is 13.2. The highest BCUT2D eigenvalue weighted by Gasteiger charge is 2.36. The second-order valence-corrected chi connectivity index (χ2v) is 11.2. The molecule has 0 aliphatic carbocycles. The van der Waals surface area contributed by atoms with Crippen LogP contribution in [0.25, 0.3) is 16.9 Å². The molecule has 0 aliphatic heterocycles. The third-order valence-corrected chi connectivity index (χ3v) is 7.64. The number of methoxy groups -OCH3 is 1. The van der Waals surface area contributed by atoms with Crippen molar-refractivity contribution < 1.29 is 14.0 Å². The molecule has 0 N–H and O–H groups in total. The highest BCUT2D eigenvalue weighted by Crippen LogP contribution is 2.36. The standard InChI is InChI=1S/C25H35N5O3S/c1-9-11-14-33-24-22-26-12-13-29(22)18(4)21(28-24)20-15-19(16-27-23(20)32-8)17(3)30(10-2)34(31)25(5,6)7/h9,12-13,15-17H,1,10-11,14H2,2-8H3/t17-,34?/m1/s1. The van der Waals surface area contributed by atoms with Gasteiger partial charge in [-0.25, -0.2) is 15.0 Å². The minimum atomic E-state index is -1.17. The zero-order chi connectivity index (χ0) is 25.0. The van der Waals surface area contributed by atoms with Crippen molar-refractivity contribution in [2.75, 3.05) is 20.3 Å². The van der Waals surface area contributed by atoms with Crippen molar-refractivity contribution in [3.8, 4) is 23.0 Å². The summed E-state index contributed by atoms with van der Waals surface area (Å²) in [5.74, 6) is 0.903. The van der Waals surface area contributed by atoms with Gasteiger partial charge in [0.05, 0.1) is 31.0 Å². The Morgan fingerprint density at radius 1 is 1.29 bits per heavy atom. The fourth-order valence-electron chi connectivity index (χ4n) is 3.75. The summed E-state index contributed by atoms with van der Waals surface area (Å²) in [6.45, 7) is 16.8. The molecule has 3 rings (SSSR count). The number of hydrogen-bond acceptors (Lipinski definition) is 7. The first kappa shape index (κ1) is 26.0. The van der Waals surface area contributed by atoms with Gasteiger partial charge in [0, 0.05) is 42.2 Å². The van der Waals surface area contributed by atoms with E-state index in [1.165, 1.54) is 0 Å². The molecule has 0 fully saturated rings. The van der Waals surface area contributed by atoms with E-state index in [1.54, 1.807) is 25.6 Å². The number of imidazole rings is 1. The molecular formula is C25H35N5O3S. The highest BCUT2D eigenvalue weighted by molar-refractivity contribution is 7.90. The number of fused-ring (bicyclic) bond motifs is 1. The maximum absolute atomic E-state index is 13.2. The molecule has 1 unspecified atom stereocenters. The number of aryl methyl sites for hydroxylation is 1. The van der Waals surface area contributed by atoms with Crippen LogP contribution >= 0.6 is 0 Å². The van der Waals surface area contributed by atoms with Crippen LogP contribution in [-0.2, 0) is 11.4 Å². The van der Waals surface area contributed by atoms with Gasteiger partial charge in [-0.2, -0.15) is 0 Å². The van der Waals surface area contributed by atoms with Crippen molar-refractivity contribution in [1.29, 1.82) is 0 Å². The summed E-state index contributed by atoms with van der Waals surface area (Å²) in [6.07, 6.45) is 7.89. The molecule has 0 saturated heterocycles. The van der Waals surface area contributed by atoms with Crippen molar-refractivity contribution in [1.82, 2.24) is 23.7 Å². The Bertz CT molecular complexity index is 1140. The second-order valence-electron chi connectivity index (χ2n) is 8.99. The van der Waals surface area contributed by atoms with E-state index in [-0.39, 0.29) is 10.8 Å². The first-order chi connectivity index (χ1) is 16.1. The Kier molecular flexibility index (Phi) is 8.22. The van der Waals surface area contributed by atoms with E-state index in [2.05, 4.69) is 16.5 Å². The van der Waals surface area contributed by atoms with E-state index in [9.17, 15) is 4.55 Å². The SMILES string of the molecule is C=CCCOc1nc(-c2cc([C@@H](C)N(CC)[S+]([O-])C(C)(C)C)cnc2OC)c(C)n2ccnc12. The third-order valence-electron chi connectivity index (χ3n) is 5.59. The molecule has 0 amide bonds. The van der Waals surface area contributed by atoms with Gasteiger partial charge in [0.15, 0.2) is 0 Å². The number of nitrogens with zero attached hydrogens (tertiary/aromatic N) is 5. The molecule has 8 nitrogen and oxygen atoms in total. The predicted octanol–water partition coefficient (Wildman–Crippen LogP) is 4.91. The van der Waals surface area contributed by atoms with Crippen LogP contribution in [0.1, 0.15) is 58.3 Å². The van der Waals surface area contributed by atoms with Crippen molar-refractivity contribution in [3.63, 3.8) is 0 Å². The topological polar surface area (TPSA) is 87.8 Å². The van der Waals surface area contributed by atoms with Crippen LogP contribution in [0.2, 0.25) is 0 Å². The lowest BCUT2D eigenvalue weighted by molar-refractivity contribution is 0.314. The summed E-state index contributed by atoms with van der Waals surface area (Å²) < 4.78 is 28.3. The van der Waals surface area contributed by atoms with Crippen LogP contribution in [0.15, 0.2) is 37.3 Å². The Balaban J connectivity index is 2.12. The molecule has 3 aromatic rings. The molecule has 2 atom stereocenters. The van der Waals surface area contributed by atoms with Crippen molar-refractivity contribution in [3.05, 3.63) is 48.6 Å². The number of ether oxygens (including phenoxy) is 2. The molecule has 0 spiro atoms. The summed E-state index contributed by atoms with van der Waals surface area (Å²) in [6, 6.07) is 1.90. The number of hydrogen-bond donors (Lipinski definition) is 0. The molecule has 0 aromatic carbocycles. The first-order valence-corrected chi connectivity index (χ1v) is 12.5. The van der Waals surface area contributed by atoms with Gasteiger partial charge >= 0.3 is 0 Å². The van der Waals surface area contributed by atoms with Crippen LogP contribution < -0.4 is 9.47 Å². The lowest BCUT2D eigenvalue weighted by atomic mass is 10.0. The van der Waals surface area contributed by atoms with E-state index in [4.69, 9.17) is 14.5 Å². The Morgan fingerprint density at radius 3 is 2.65 bits per heavy atom. The van der Waals surface area contributed by atoms with Gasteiger partial charge in [-0.1, -0.05) is 6.08 Å². The molecule has 3 aromatic heterocycles. The van der Waals surface area contributed by atoms with Gasteiger partial charge in [-0.15, -0.1) is 10.9 Å². The van der Waals surface area contributed by atoms with Crippen LogP contribution in [0.5, 0.6) is 11.8 Å². The monoisotopic (exact) mass is 485 g/mol. The average Bonchev–Trinajstić information content (AvgIpc) is 3.31. The van der Waals surface area contributed by atoms with Crippen LogP contribution in [-0.4, -0.2) is 53.2 Å². The van der Waals surface area contributed by atoms with Gasteiger partial charge in [0.1, 0.15) is 4.75 Å². The van der Waals surface area contributed by atoms with E-state index < -0.39 is 11.4 Å². The number of pyridine rings is 1. The minimum Gasteiger partial charge on any atom is -0.597 e. The predicted molar refractivity (Wildman–Crippen MR) is 137 cm³/mol. The van der Waals surface area contributed by atoms with Crippen LogP contribution in [0.4, 0.5) is 0 Å². The molecule has 0 saturated carbocycles. The summed E-state index contributed by atoms with van der Waals surface area (Å²) in [5, 5.41) is 0. The summed E-state index contributed by atoms with van der Waals surface area (Å²) in [7, 11) is 1.59. The molecule has 0 bridgehead atoms. The zero-order valence-electron chi connectivity index (χ0n) is 21.2. The van der Waals surface area contributed by atoms with E-state index >= 15 is 0 Å². The second kappa shape index (κ2) is 10.8. The molecule has 3 heterocycles. The van der Waals surface area contributed by atoms with E-state index in [0.717, 1.165) is 16.8 Å². The smallest absolute Gasteiger partial charge is 0.258 e. The Labute approximate surface area is 205 Å². The van der Waals surface area contributed by atoms with Gasteiger partial charge in [0.2, 0.25) is 11.5 Å². The average molecular weight is 486 g/mol. The zero-order valence-corrected chi connectivity index (χ0v) is 22.0. The summed E-state index contributed by atoms with van der Waals surface area (Å²) >= 11 is -1.17. The molecule has 184 valence electrons. The van der Waals surface area contributed by atoms with Gasteiger partial charge in [-0.05, 0) is 59.6 Å². The molecule has 0 aliphatic rings.